The minimum Gasteiger partial charge on any atom is -0.456 e. The molecule has 2 rings (SSSR count). The van der Waals surface area contributed by atoms with Crippen LogP contribution in [0.15, 0.2) is 34.7 Å². The number of ether oxygens (including phenoxy) is 2. The highest BCUT2D eigenvalue weighted by molar-refractivity contribution is 5.77. The molecule has 2 aromatic rings. The van der Waals surface area contributed by atoms with Crippen LogP contribution in [0.4, 0.5) is 0 Å². The quantitative estimate of drug-likeness (QED) is 0.723. The fourth-order valence-electron chi connectivity index (χ4n) is 1.63. The topological polar surface area (TPSA) is 31.6 Å². The first-order chi connectivity index (χ1) is 7.85. The molecule has 0 aliphatic carbocycles. The molecule has 86 valence electrons. The lowest BCUT2D eigenvalue weighted by molar-refractivity contribution is -0.150. The van der Waals surface area contributed by atoms with E-state index < -0.39 is 6.29 Å². The molecule has 0 aliphatic rings. The first-order valence-corrected chi connectivity index (χ1v) is 5.56. The summed E-state index contributed by atoms with van der Waals surface area (Å²) in [5, 5.41) is 1.07. The Hall–Kier alpha value is -1.32. The Morgan fingerprint density at radius 2 is 1.81 bits per heavy atom. The number of hydrogen-bond donors (Lipinski definition) is 0. The third-order valence-corrected chi connectivity index (χ3v) is 2.31. The van der Waals surface area contributed by atoms with Crippen LogP contribution in [-0.2, 0) is 9.47 Å². The summed E-state index contributed by atoms with van der Waals surface area (Å²) in [6.45, 7) is 5.08. The smallest absolute Gasteiger partial charge is 0.217 e. The van der Waals surface area contributed by atoms with Gasteiger partial charge in [0.2, 0.25) is 6.29 Å². The lowest BCUT2D eigenvalue weighted by atomic mass is 10.2. The lowest BCUT2D eigenvalue weighted by Crippen LogP contribution is -2.07. The molecular weight excluding hydrogens is 204 g/mol. The van der Waals surface area contributed by atoms with Crippen molar-refractivity contribution in [2.45, 2.75) is 20.1 Å². The maximum atomic E-state index is 5.69. The van der Waals surface area contributed by atoms with E-state index in [1.54, 1.807) is 0 Å². The van der Waals surface area contributed by atoms with Crippen molar-refractivity contribution >= 4 is 11.0 Å². The molecule has 1 heterocycles. The molecule has 16 heavy (non-hydrogen) atoms. The van der Waals surface area contributed by atoms with E-state index in [4.69, 9.17) is 13.9 Å². The summed E-state index contributed by atoms with van der Waals surface area (Å²) in [6, 6.07) is 9.85. The second-order valence-corrected chi connectivity index (χ2v) is 3.43. The maximum absolute atomic E-state index is 5.69. The number of rotatable bonds is 5. The van der Waals surface area contributed by atoms with Crippen LogP contribution < -0.4 is 0 Å². The highest BCUT2D eigenvalue weighted by atomic mass is 16.7. The predicted molar refractivity (Wildman–Crippen MR) is 62.2 cm³/mol. The largest absolute Gasteiger partial charge is 0.456 e. The molecule has 0 N–H and O–H groups in total. The minimum absolute atomic E-state index is 0.401. The van der Waals surface area contributed by atoms with E-state index in [0.717, 1.165) is 16.7 Å². The molecule has 0 radical (unpaired) electrons. The Balaban J connectivity index is 2.29. The van der Waals surface area contributed by atoms with Gasteiger partial charge >= 0.3 is 0 Å². The highest BCUT2D eigenvalue weighted by Crippen LogP contribution is 2.26. The van der Waals surface area contributed by atoms with Crippen molar-refractivity contribution in [2.75, 3.05) is 13.2 Å². The van der Waals surface area contributed by atoms with Crippen molar-refractivity contribution in [1.29, 1.82) is 0 Å². The van der Waals surface area contributed by atoms with Crippen LogP contribution in [0.1, 0.15) is 25.9 Å². The third kappa shape index (κ3) is 2.26. The lowest BCUT2D eigenvalue weighted by Gasteiger charge is -2.13. The third-order valence-electron chi connectivity index (χ3n) is 2.31. The van der Waals surface area contributed by atoms with Crippen molar-refractivity contribution in [3.63, 3.8) is 0 Å². The zero-order valence-corrected chi connectivity index (χ0v) is 9.60. The zero-order chi connectivity index (χ0) is 11.4. The Morgan fingerprint density at radius 3 is 2.44 bits per heavy atom. The average molecular weight is 220 g/mol. The average Bonchev–Trinajstić information content (AvgIpc) is 2.72. The van der Waals surface area contributed by atoms with E-state index in [1.165, 1.54) is 0 Å². The van der Waals surface area contributed by atoms with Gasteiger partial charge in [-0.25, -0.2) is 0 Å². The highest BCUT2D eigenvalue weighted by Gasteiger charge is 2.16. The van der Waals surface area contributed by atoms with Gasteiger partial charge in [-0.15, -0.1) is 0 Å². The SMILES string of the molecule is CCOC(OCC)c1cc2ccccc2o1. The van der Waals surface area contributed by atoms with Crippen molar-refractivity contribution in [1.82, 2.24) is 0 Å². The van der Waals surface area contributed by atoms with Crippen molar-refractivity contribution in [2.24, 2.45) is 0 Å². The van der Waals surface area contributed by atoms with E-state index >= 15 is 0 Å². The monoisotopic (exact) mass is 220 g/mol. The van der Waals surface area contributed by atoms with Crippen LogP contribution in [0, 0.1) is 0 Å². The summed E-state index contributed by atoms with van der Waals surface area (Å²) >= 11 is 0. The molecule has 0 aliphatic heterocycles. The molecule has 0 atom stereocenters. The van der Waals surface area contributed by atoms with Gasteiger partial charge in [-0.1, -0.05) is 18.2 Å². The Bertz CT molecular complexity index is 408. The molecule has 0 spiro atoms. The van der Waals surface area contributed by atoms with Gasteiger partial charge < -0.3 is 13.9 Å². The molecule has 1 aromatic carbocycles. The van der Waals surface area contributed by atoms with Crippen LogP contribution in [-0.4, -0.2) is 13.2 Å². The zero-order valence-electron chi connectivity index (χ0n) is 9.60. The molecule has 1 aromatic heterocycles. The summed E-state index contributed by atoms with van der Waals surface area (Å²) in [7, 11) is 0. The van der Waals surface area contributed by atoms with Gasteiger partial charge in [0.05, 0.1) is 0 Å². The number of benzene rings is 1. The van der Waals surface area contributed by atoms with Gasteiger partial charge in [-0.3, -0.25) is 0 Å². The fourth-order valence-corrected chi connectivity index (χ4v) is 1.63. The van der Waals surface area contributed by atoms with E-state index in [0.29, 0.717) is 13.2 Å². The molecule has 0 saturated heterocycles. The van der Waals surface area contributed by atoms with E-state index in [9.17, 15) is 0 Å². The summed E-state index contributed by atoms with van der Waals surface area (Å²) in [6.07, 6.45) is -0.401. The molecule has 0 amide bonds. The molecule has 0 bridgehead atoms. The molecule has 0 fully saturated rings. The number of para-hydroxylation sites is 1. The number of furan rings is 1. The van der Waals surface area contributed by atoms with Gasteiger partial charge in [0, 0.05) is 18.6 Å². The minimum atomic E-state index is -0.401. The molecule has 0 saturated carbocycles. The van der Waals surface area contributed by atoms with Crippen LogP contribution in [0.25, 0.3) is 11.0 Å². The van der Waals surface area contributed by atoms with Crippen molar-refractivity contribution in [3.05, 3.63) is 36.1 Å². The van der Waals surface area contributed by atoms with E-state index in [1.807, 2.05) is 44.2 Å². The van der Waals surface area contributed by atoms with Gasteiger partial charge in [0.15, 0.2) is 5.76 Å². The maximum Gasteiger partial charge on any atom is 0.217 e. The molecule has 0 unspecified atom stereocenters. The summed E-state index contributed by atoms with van der Waals surface area (Å²) in [5.74, 6) is 0.727. The standard InChI is InChI=1S/C13H16O3/c1-3-14-13(15-4-2)12-9-10-7-5-6-8-11(10)16-12/h5-9,13H,3-4H2,1-2H3. The first kappa shape index (κ1) is 11.2. The van der Waals surface area contributed by atoms with Crippen molar-refractivity contribution in [3.8, 4) is 0 Å². The summed E-state index contributed by atoms with van der Waals surface area (Å²) < 4.78 is 16.6. The second kappa shape index (κ2) is 5.14. The van der Waals surface area contributed by atoms with Gasteiger partial charge in [0.25, 0.3) is 0 Å². The first-order valence-electron chi connectivity index (χ1n) is 5.56. The Labute approximate surface area is 95.0 Å². The Kier molecular flexibility index (Phi) is 3.59. The van der Waals surface area contributed by atoms with Crippen LogP contribution >= 0.6 is 0 Å². The van der Waals surface area contributed by atoms with Crippen LogP contribution in [0.2, 0.25) is 0 Å². The van der Waals surface area contributed by atoms with Crippen LogP contribution in [0.3, 0.4) is 0 Å². The fraction of sp³-hybridized carbons (Fsp3) is 0.385. The van der Waals surface area contributed by atoms with Gasteiger partial charge in [-0.2, -0.15) is 0 Å². The number of hydrogen-bond acceptors (Lipinski definition) is 3. The summed E-state index contributed by atoms with van der Waals surface area (Å²) in [5.41, 5.74) is 0.863. The summed E-state index contributed by atoms with van der Waals surface area (Å²) in [4.78, 5) is 0. The normalized spacial score (nSPS) is 11.4. The van der Waals surface area contributed by atoms with Gasteiger partial charge in [0.1, 0.15) is 5.58 Å². The van der Waals surface area contributed by atoms with E-state index in [-0.39, 0.29) is 0 Å². The second-order valence-electron chi connectivity index (χ2n) is 3.43. The molecule has 3 nitrogen and oxygen atoms in total. The van der Waals surface area contributed by atoms with Crippen LogP contribution in [0.5, 0.6) is 0 Å². The molecule has 3 heteroatoms. The molecular formula is C13H16O3. The van der Waals surface area contributed by atoms with Crippen molar-refractivity contribution < 1.29 is 13.9 Å². The Morgan fingerprint density at radius 1 is 1.12 bits per heavy atom. The van der Waals surface area contributed by atoms with E-state index in [2.05, 4.69) is 0 Å². The predicted octanol–water partition coefficient (Wildman–Crippen LogP) is 3.50. The number of fused-ring (bicyclic) bond motifs is 1. The van der Waals surface area contributed by atoms with Gasteiger partial charge in [-0.05, 0) is 26.0 Å².